The van der Waals surface area contributed by atoms with Crippen LogP contribution in [0.15, 0.2) is 24.3 Å². The summed E-state index contributed by atoms with van der Waals surface area (Å²) in [4.78, 5) is 0. The first kappa shape index (κ1) is 8.04. The predicted molar refractivity (Wildman–Crippen MR) is 46.8 cm³/mol. The van der Waals surface area contributed by atoms with Crippen LogP contribution in [0.25, 0.3) is 0 Å². The van der Waals surface area contributed by atoms with E-state index < -0.39 is 0 Å². The van der Waals surface area contributed by atoms with E-state index in [1.807, 2.05) is 24.3 Å². The van der Waals surface area contributed by atoms with E-state index in [-0.39, 0.29) is 6.04 Å². The lowest BCUT2D eigenvalue weighted by atomic mass is 10.1. The molecular formula is C8H13N3. The molecule has 1 atom stereocenters. The van der Waals surface area contributed by atoms with Gasteiger partial charge in [-0.05, 0) is 17.7 Å². The van der Waals surface area contributed by atoms with Gasteiger partial charge in [-0.2, -0.15) is 0 Å². The van der Waals surface area contributed by atoms with E-state index in [2.05, 4.69) is 0 Å². The highest BCUT2D eigenvalue weighted by atomic mass is 14.7. The molecule has 0 aromatic heterocycles. The van der Waals surface area contributed by atoms with Crippen molar-refractivity contribution in [2.75, 3.05) is 12.3 Å². The summed E-state index contributed by atoms with van der Waals surface area (Å²) in [6.45, 7) is 0.462. The Balaban J connectivity index is 2.81. The minimum absolute atomic E-state index is 0.0735. The van der Waals surface area contributed by atoms with Gasteiger partial charge in [-0.25, -0.2) is 0 Å². The highest BCUT2D eigenvalue weighted by Gasteiger charge is 2.00. The summed E-state index contributed by atoms with van der Waals surface area (Å²) in [6, 6.07) is 7.37. The fourth-order valence-corrected chi connectivity index (χ4v) is 0.879. The third kappa shape index (κ3) is 1.93. The Bertz CT molecular complexity index is 217. The molecule has 3 heteroatoms. The molecule has 0 bridgehead atoms. The van der Waals surface area contributed by atoms with Crippen molar-refractivity contribution in [3.05, 3.63) is 29.8 Å². The van der Waals surface area contributed by atoms with Crippen LogP contribution in [0, 0.1) is 0 Å². The molecule has 0 saturated carbocycles. The molecule has 11 heavy (non-hydrogen) atoms. The van der Waals surface area contributed by atoms with Gasteiger partial charge in [0.05, 0.1) is 0 Å². The number of hydrogen-bond donors (Lipinski definition) is 3. The molecule has 1 rings (SSSR count). The second-order valence-electron chi connectivity index (χ2n) is 2.51. The van der Waals surface area contributed by atoms with Crippen LogP contribution in [0.4, 0.5) is 5.69 Å². The van der Waals surface area contributed by atoms with Crippen molar-refractivity contribution in [3.63, 3.8) is 0 Å². The van der Waals surface area contributed by atoms with Crippen molar-refractivity contribution in [3.8, 4) is 0 Å². The Morgan fingerprint density at radius 2 is 1.73 bits per heavy atom. The van der Waals surface area contributed by atoms with E-state index in [0.717, 1.165) is 11.3 Å². The van der Waals surface area contributed by atoms with Crippen LogP contribution in [0.3, 0.4) is 0 Å². The number of nitrogen functional groups attached to an aromatic ring is 1. The number of anilines is 1. The normalized spacial score (nSPS) is 12.9. The molecule has 3 nitrogen and oxygen atoms in total. The fourth-order valence-electron chi connectivity index (χ4n) is 0.879. The van der Waals surface area contributed by atoms with E-state index in [0.29, 0.717) is 6.54 Å². The van der Waals surface area contributed by atoms with Gasteiger partial charge in [0.2, 0.25) is 0 Å². The summed E-state index contributed by atoms with van der Waals surface area (Å²) >= 11 is 0. The third-order valence-electron chi connectivity index (χ3n) is 1.62. The van der Waals surface area contributed by atoms with E-state index in [1.165, 1.54) is 0 Å². The molecule has 0 fully saturated rings. The lowest BCUT2D eigenvalue weighted by Gasteiger charge is -2.08. The van der Waals surface area contributed by atoms with Gasteiger partial charge in [-0.1, -0.05) is 12.1 Å². The Morgan fingerprint density at radius 3 is 2.18 bits per heavy atom. The highest BCUT2D eigenvalue weighted by molar-refractivity contribution is 5.40. The second kappa shape index (κ2) is 3.37. The summed E-state index contributed by atoms with van der Waals surface area (Å²) in [5, 5.41) is 0. The van der Waals surface area contributed by atoms with Gasteiger partial charge in [0.1, 0.15) is 0 Å². The minimum Gasteiger partial charge on any atom is -0.399 e. The van der Waals surface area contributed by atoms with Gasteiger partial charge in [0, 0.05) is 18.3 Å². The molecular weight excluding hydrogens is 138 g/mol. The standard InChI is InChI=1S/C8H13N3/c9-5-8(11)6-1-3-7(10)4-2-6/h1-4,8H,5,9-11H2/t8-/m0/s1. The van der Waals surface area contributed by atoms with Gasteiger partial charge in [-0.3, -0.25) is 0 Å². The van der Waals surface area contributed by atoms with Crippen LogP contribution in [0.5, 0.6) is 0 Å². The average molecular weight is 151 g/mol. The molecule has 1 aromatic carbocycles. The van der Waals surface area contributed by atoms with Crippen LogP contribution >= 0.6 is 0 Å². The fraction of sp³-hybridized carbons (Fsp3) is 0.250. The number of hydrogen-bond acceptors (Lipinski definition) is 3. The topological polar surface area (TPSA) is 78.1 Å². The van der Waals surface area contributed by atoms with E-state index >= 15 is 0 Å². The van der Waals surface area contributed by atoms with Crippen molar-refractivity contribution >= 4 is 5.69 Å². The number of benzene rings is 1. The van der Waals surface area contributed by atoms with E-state index in [4.69, 9.17) is 17.2 Å². The third-order valence-corrected chi connectivity index (χ3v) is 1.62. The molecule has 0 saturated heterocycles. The molecule has 0 amide bonds. The zero-order chi connectivity index (χ0) is 8.27. The van der Waals surface area contributed by atoms with Gasteiger partial charge in [0.25, 0.3) is 0 Å². The first-order valence-corrected chi connectivity index (χ1v) is 3.55. The van der Waals surface area contributed by atoms with Crippen molar-refractivity contribution in [1.29, 1.82) is 0 Å². The van der Waals surface area contributed by atoms with Crippen molar-refractivity contribution in [1.82, 2.24) is 0 Å². The molecule has 0 aliphatic rings. The number of rotatable bonds is 2. The molecule has 60 valence electrons. The Kier molecular flexibility index (Phi) is 2.46. The molecule has 0 heterocycles. The minimum atomic E-state index is -0.0735. The largest absolute Gasteiger partial charge is 0.399 e. The van der Waals surface area contributed by atoms with Gasteiger partial charge >= 0.3 is 0 Å². The molecule has 0 aliphatic carbocycles. The SMILES string of the molecule is NC[C@H](N)c1ccc(N)cc1. The molecule has 6 N–H and O–H groups in total. The Hall–Kier alpha value is -1.06. The van der Waals surface area contributed by atoms with Crippen LogP contribution in [-0.2, 0) is 0 Å². The van der Waals surface area contributed by atoms with Crippen molar-refractivity contribution in [2.24, 2.45) is 11.5 Å². The van der Waals surface area contributed by atoms with Crippen molar-refractivity contribution < 1.29 is 0 Å². The summed E-state index contributed by atoms with van der Waals surface area (Å²) in [6.07, 6.45) is 0. The molecule has 0 unspecified atom stereocenters. The maximum absolute atomic E-state index is 5.68. The van der Waals surface area contributed by atoms with Crippen LogP contribution in [0.2, 0.25) is 0 Å². The summed E-state index contributed by atoms with van der Waals surface area (Å²) < 4.78 is 0. The smallest absolute Gasteiger partial charge is 0.0419 e. The summed E-state index contributed by atoms with van der Waals surface area (Å²) in [5.41, 5.74) is 18.3. The lowest BCUT2D eigenvalue weighted by Crippen LogP contribution is -2.20. The van der Waals surface area contributed by atoms with Crippen molar-refractivity contribution in [2.45, 2.75) is 6.04 Å². The maximum Gasteiger partial charge on any atom is 0.0419 e. The zero-order valence-corrected chi connectivity index (χ0v) is 6.33. The van der Waals surface area contributed by atoms with Gasteiger partial charge in [0.15, 0.2) is 0 Å². The summed E-state index contributed by atoms with van der Waals surface area (Å²) in [7, 11) is 0. The average Bonchev–Trinajstić information content (AvgIpc) is 2.05. The second-order valence-corrected chi connectivity index (χ2v) is 2.51. The first-order chi connectivity index (χ1) is 5.24. The van der Waals surface area contributed by atoms with E-state index in [1.54, 1.807) is 0 Å². The Morgan fingerprint density at radius 1 is 1.18 bits per heavy atom. The highest BCUT2D eigenvalue weighted by Crippen LogP contribution is 2.10. The lowest BCUT2D eigenvalue weighted by molar-refractivity contribution is 0.737. The first-order valence-electron chi connectivity index (χ1n) is 3.55. The predicted octanol–water partition coefficient (Wildman–Crippen LogP) is 0.227. The quantitative estimate of drug-likeness (QED) is 0.529. The monoisotopic (exact) mass is 151 g/mol. The summed E-state index contributed by atoms with van der Waals surface area (Å²) in [5.74, 6) is 0. The molecule has 0 aliphatic heterocycles. The Labute approximate surface area is 66.2 Å². The van der Waals surface area contributed by atoms with Crippen LogP contribution in [0.1, 0.15) is 11.6 Å². The molecule has 1 aromatic rings. The zero-order valence-electron chi connectivity index (χ0n) is 6.33. The molecule has 0 radical (unpaired) electrons. The van der Waals surface area contributed by atoms with Crippen LogP contribution < -0.4 is 17.2 Å². The van der Waals surface area contributed by atoms with Crippen LogP contribution in [-0.4, -0.2) is 6.54 Å². The maximum atomic E-state index is 5.68. The molecule has 0 spiro atoms. The van der Waals surface area contributed by atoms with E-state index in [9.17, 15) is 0 Å². The number of nitrogens with two attached hydrogens (primary N) is 3. The van der Waals surface area contributed by atoms with Gasteiger partial charge < -0.3 is 17.2 Å². The van der Waals surface area contributed by atoms with Gasteiger partial charge in [-0.15, -0.1) is 0 Å².